The van der Waals surface area contributed by atoms with E-state index in [0.717, 1.165) is 5.56 Å². The summed E-state index contributed by atoms with van der Waals surface area (Å²) in [6, 6.07) is 11.7. The molecule has 0 bridgehead atoms. The monoisotopic (exact) mass is 357 g/mol. The van der Waals surface area contributed by atoms with Crippen LogP contribution in [-0.4, -0.2) is 29.6 Å². The standard InChI is InChI=1S/C18H15NO7/c1-2-24-18(21)16-15(26-16)11-5-9-14(10-6-11)25-17(20)12-3-7-13(8-4-12)19(22)23/h3-10,15-16H,2H2,1H3/t15-,16+/m0/s1. The Kier molecular flexibility index (Phi) is 4.94. The summed E-state index contributed by atoms with van der Waals surface area (Å²) >= 11 is 0. The third-order valence-corrected chi connectivity index (χ3v) is 3.74. The van der Waals surface area contributed by atoms with Gasteiger partial charge in [-0.2, -0.15) is 0 Å². The first kappa shape index (κ1) is 17.6. The Balaban J connectivity index is 1.60. The highest BCUT2D eigenvalue weighted by molar-refractivity contribution is 5.91. The molecule has 0 amide bonds. The SMILES string of the molecule is CCOC(=O)[C@@H]1O[C@H]1c1ccc(OC(=O)c2ccc([N+](=O)[O-])cc2)cc1. The van der Waals surface area contributed by atoms with Crippen LogP contribution in [0.4, 0.5) is 5.69 Å². The van der Waals surface area contributed by atoms with Crippen molar-refractivity contribution in [1.29, 1.82) is 0 Å². The molecule has 2 aromatic carbocycles. The van der Waals surface area contributed by atoms with Crippen LogP contribution in [0.15, 0.2) is 48.5 Å². The summed E-state index contributed by atoms with van der Waals surface area (Å²) in [4.78, 5) is 33.7. The molecule has 0 aliphatic carbocycles. The zero-order chi connectivity index (χ0) is 18.7. The van der Waals surface area contributed by atoms with Crippen molar-refractivity contribution in [3.63, 3.8) is 0 Å². The van der Waals surface area contributed by atoms with Crippen LogP contribution in [0.3, 0.4) is 0 Å². The summed E-state index contributed by atoms with van der Waals surface area (Å²) in [6.45, 7) is 2.02. The number of ether oxygens (including phenoxy) is 3. The van der Waals surface area contributed by atoms with Crippen LogP contribution in [-0.2, 0) is 14.3 Å². The lowest BCUT2D eigenvalue weighted by molar-refractivity contribution is -0.384. The molecule has 8 heteroatoms. The van der Waals surface area contributed by atoms with Crippen LogP contribution in [0.5, 0.6) is 5.75 Å². The van der Waals surface area contributed by atoms with Crippen molar-refractivity contribution in [3.05, 3.63) is 69.8 Å². The fourth-order valence-corrected chi connectivity index (χ4v) is 2.38. The van der Waals surface area contributed by atoms with E-state index in [2.05, 4.69) is 0 Å². The average Bonchev–Trinajstić information content (AvgIpc) is 3.43. The molecule has 0 spiro atoms. The van der Waals surface area contributed by atoms with Gasteiger partial charge in [-0.25, -0.2) is 9.59 Å². The number of esters is 2. The van der Waals surface area contributed by atoms with Gasteiger partial charge in [-0.05, 0) is 36.8 Å². The van der Waals surface area contributed by atoms with Crippen molar-refractivity contribution >= 4 is 17.6 Å². The smallest absolute Gasteiger partial charge is 0.343 e. The quantitative estimate of drug-likeness (QED) is 0.257. The highest BCUT2D eigenvalue weighted by Crippen LogP contribution is 2.39. The van der Waals surface area contributed by atoms with Crippen molar-refractivity contribution in [2.45, 2.75) is 19.1 Å². The predicted molar refractivity (Wildman–Crippen MR) is 88.7 cm³/mol. The lowest BCUT2D eigenvalue weighted by Crippen LogP contribution is -2.11. The Bertz CT molecular complexity index is 830. The first-order chi connectivity index (χ1) is 12.5. The Morgan fingerprint density at radius 1 is 1.12 bits per heavy atom. The number of benzene rings is 2. The van der Waals surface area contributed by atoms with Crippen molar-refractivity contribution < 1.29 is 28.7 Å². The molecule has 0 N–H and O–H groups in total. The minimum absolute atomic E-state index is 0.105. The zero-order valence-electron chi connectivity index (χ0n) is 13.8. The van der Waals surface area contributed by atoms with Crippen LogP contribution in [0.2, 0.25) is 0 Å². The second-order valence-electron chi connectivity index (χ2n) is 5.49. The molecule has 0 radical (unpaired) electrons. The van der Waals surface area contributed by atoms with Crippen molar-refractivity contribution in [1.82, 2.24) is 0 Å². The van der Waals surface area contributed by atoms with Crippen LogP contribution >= 0.6 is 0 Å². The van der Waals surface area contributed by atoms with E-state index in [-0.39, 0.29) is 17.4 Å². The summed E-state index contributed by atoms with van der Waals surface area (Å²) in [5, 5.41) is 10.6. The van der Waals surface area contributed by atoms with Crippen LogP contribution in [0.1, 0.15) is 28.9 Å². The van der Waals surface area contributed by atoms with Gasteiger partial charge in [0, 0.05) is 12.1 Å². The Morgan fingerprint density at radius 2 is 1.77 bits per heavy atom. The number of rotatable bonds is 6. The maximum Gasteiger partial charge on any atom is 0.343 e. The van der Waals surface area contributed by atoms with Crippen LogP contribution in [0, 0.1) is 10.1 Å². The molecule has 26 heavy (non-hydrogen) atoms. The minimum Gasteiger partial charge on any atom is -0.464 e. The molecular weight excluding hydrogens is 342 g/mol. The highest BCUT2D eigenvalue weighted by atomic mass is 16.6. The number of hydrogen-bond acceptors (Lipinski definition) is 7. The van der Waals surface area contributed by atoms with E-state index in [4.69, 9.17) is 14.2 Å². The molecule has 1 aliphatic heterocycles. The van der Waals surface area contributed by atoms with Gasteiger partial charge in [0.05, 0.1) is 17.1 Å². The summed E-state index contributed by atoms with van der Waals surface area (Å²) in [7, 11) is 0. The molecular formula is C18H15NO7. The van der Waals surface area contributed by atoms with E-state index >= 15 is 0 Å². The number of hydrogen-bond donors (Lipinski definition) is 0. The minimum atomic E-state index is -0.625. The molecule has 8 nitrogen and oxygen atoms in total. The first-order valence-electron chi connectivity index (χ1n) is 7.88. The molecule has 1 saturated heterocycles. The molecule has 1 heterocycles. The third-order valence-electron chi connectivity index (χ3n) is 3.74. The Labute approximate surface area is 148 Å². The molecule has 2 atom stereocenters. The molecule has 3 rings (SSSR count). The van der Waals surface area contributed by atoms with Gasteiger partial charge in [0.25, 0.3) is 5.69 Å². The fourth-order valence-electron chi connectivity index (χ4n) is 2.38. The van der Waals surface area contributed by atoms with E-state index in [1.165, 1.54) is 24.3 Å². The zero-order valence-corrected chi connectivity index (χ0v) is 13.8. The van der Waals surface area contributed by atoms with E-state index in [9.17, 15) is 19.7 Å². The van der Waals surface area contributed by atoms with Gasteiger partial charge in [-0.1, -0.05) is 12.1 Å². The van der Waals surface area contributed by atoms with Crippen molar-refractivity contribution in [3.8, 4) is 5.75 Å². The Morgan fingerprint density at radius 3 is 2.35 bits per heavy atom. The number of nitro benzene ring substituents is 1. The topological polar surface area (TPSA) is 108 Å². The summed E-state index contributed by atoms with van der Waals surface area (Å²) in [5.41, 5.74) is 0.872. The molecule has 2 aromatic rings. The lowest BCUT2D eigenvalue weighted by Gasteiger charge is -2.05. The van der Waals surface area contributed by atoms with Crippen molar-refractivity contribution in [2.24, 2.45) is 0 Å². The van der Waals surface area contributed by atoms with Crippen LogP contribution in [0.25, 0.3) is 0 Å². The van der Waals surface area contributed by atoms with Gasteiger partial charge < -0.3 is 14.2 Å². The van der Waals surface area contributed by atoms with Gasteiger partial charge in [0.15, 0.2) is 6.10 Å². The summed E-state index contributed by atoms with van der Waals surface area (Å²) < 4.78 is 15.4. The predicted octanol–water partition coefficient (Wildman–Crippen LogP) is 2.82. The second kappa shape index (κ2) is 7.32. The van der Waals surface area contributed by atoms with E-state index in [0.29, 0.717) is 12.4 Å². The molecule has 0 unspecified atom stereocenters. The average molecular weight is 357 g/mol. The first-order valence-corrected chi connectivity index (χ1v) is 7.88. The van der Waals surface area contributed by atoms with E-state index in [1.807, 2.05) is 0 Å². The molecule has 1 aliphatic rings. The van der Waals surface area contributed by atoms with Crippen LogP contribution < -0.4 is 4.74 Å². The largest absolute Gasteiger partial charge is 0.464 e. The van der Waals surface area contributed by atoms with Gasteiger partial charge in [-0.3, -0.25) is 10.1 Å². The summed E-state index contributed by atoms with van der Waals surface area (Å²) in [6.07, 6.45) is -0.947. The number of nitrogens with zero attached hydrogens (tertiary/aromatic N) is 1. The number of carbonyl (C=O) groups excluding carboxylic acids is 2. The molecule has 0 aromatic heterocycles. The molecule has 1 fully saturated rings. The number of nitro groups is 1. The van der Waals surface area contributed by atoms with E-state index in [1.54, 1.807) is 31.2 Å². The fraction of sp³-hybridized carbons (Fsp3) is 0.222. The molecule has 134 valence electrons. The maximum atomic E-state index is 12.1. The summed E-state index contributed by atoms with van der Waals surface area (Å²) in [5.74, 6) is -0.712. The second-order valence-corrected chi connectivity index (χ2v) is 5.49. The number of non-ortho nitro benzene ring substituents is 1. The third kappa shape index (κ3) is 3.86. The maximum absolute atomic E-state index is 12.1. The van der Waals surface area contributed by atoms with Gasteiger partial charge in [-0.15, -0.1) is 0 Å². The lowest BCUT2D eigenvalue weighted by atomic mass is 10.1. The number of carbonyl (C=O) groups is 2. The normalized spacial score (nSPS) is 18.0. The van der Waals surface area contributed by atoms with Gasteiger partial charge >= 0.3 is 11.9 Å². The van der Waals surface area contributed by atoms with Gasteiger partial charge in [0.1, 0.15) is 11.9 Å². The number of epoxide rings is 1. The van der Waals surface area contributed by atoms with E-state index < -0.39 is 23.0 Å². The molecule has 0 saturated carbocycles. The highest BCUT2D eigenvalue weighted by Gasteiger charge is 2.47. The van der Waals surface area contributed by atoms with Gasteiger partial charge in [0.2, 0.25) is 0 Å². The van der Waals surface area contributed by atoms with Crippen molar-refractivity contribution in [2.75, 3.05) is 6.61 Å². The Hall–Kier alpha value is -3.26.